The summed E-state index contributed by atoms with van der Waals surface area (Å²) in [5, 5.41) is 5.25. The lowest BCUT2D eigenvalue weighted by Crippen LogP contribution is -2.34. The number of benzene rings is 1. The fourth-order valence-electron chi connectivity index (χ4n) is 1.29. The summed E-state index contributed by atoms with van der Waals surface area (Å²) in [4.78, 5) is 11.5. The molecule has 1 amide bonds. The second kappa shape index (κ2) is 6.80. The quantitative estimate of drug-likeness (QED) is 0.833. The number of thiocarbonyl (C=S) groups is 1. The van der Waals surface area contributed by atoms with Gasteiger partial charge in [0.1, 0.15) is 5.82 Å². The molecule has 6 heteroatoms. The minimum absolute atomic E-state index is 0.0990. The Kier molecular flexibility index (Phi) is 5.68. The van der Waals surface area contributed by atoms with Crippen LogP contribution in [0, 0.1) is 11.7 Å². The molecule has 0 aliphatic rings. The van der Waals surface area contributed by atoms with Crippen molar-refractivity contribution in [3.63, 3.8) is 0 Å². The van der Waals surface area contributed by atoms with Crippen molar-refractivity contribution < 1.29 is 9.18 Å². The Hall–Kier alpha value is -1.01. The van der Waals surface area contributed by atoms with E-state index in [1.165, 1.54) is 6.07 Å². The number of nitrogens with one attached hydrogen (secondary N) is 2. The maximum absolute atomic E-state index is 13.5. The molecule has 0 atom stereocenters. The number of hydrogen-bond acceptors (Lipinski definition) is 2. The summed E-state index contributed by atoms with van der Waals surface area (Å²) < 4.78 is 14.1. The molecule has 0 aromatic heterocycles. The zero-order chi connectivity index (χ0) is 13.7. The molecule has 0 spiro atoms. The highest BCUT2D eigenvalue weighted by molar-refractivity contribution is 9.10. The number of halogens is 2. The van der Waals surface area contributed by atoms with E-state index in [1.54, 1.807) is 12.1 Å². The lowest BCUT2D eigenvalue weighted by Gasteiger charge is -2.11. The van der Waals surface area contributed by atoms with Gasteiger partial charge in [-0.1, -0.05) is 29.8 Å². The Bertz CT molecular complexity index is 465. The van der Waals surface area contributed by atoms with Crippen molar-refractivity contribution in [2.75, 3.05) is 5.32 Å². The minimum Gasteiger partial charge on any atom is -0.330 e. The molecule has 2 N–H and O–H groups in total. The molecule has 0 unspecified atom stereocenters. The molecular weight excluding hydrogens is 319 g/mol. The molecule has 0 fully saturated rings. The van der Waals surface area contributed by atoms with Gasteiger partial charge in [0.05, 0.1) is 5.69 Å². The molecular formula is C12H14BrFN2OS. The Labute approximate surface area is 119 Å². The van der Waals surface area contributed by atoms with Crippen molar-refractivity contribution in [2.24, 2.45) is 5.92 Å². The summed E-state index contributed by atoms with van der Waals surface area (Å²) in [7, 11) is 0. The summed E-state index contributed by atoms with van der Waals surface area (Å²) in [5.74, 6) is -0.373. The molecule has 0 saturated carbocycles. The Morgan fingerprint density at radius 1 is 1.50 bits per heavy atom. The molecule has 0 heterocycles. The van der Waals surface area contributed by atoms with Crippen LogP contribution < -0.4 is 10.6 Å². The van der Waals surface area contributed by atoms with E-state index in [-0.39, 0.29) is 22.6 Å². The normalized spacial score (nSPS) is 10.3. The topological polar surface area (TPSA) is 41.1 Å². The van der Waals surface area contributed by atoms with Gasteiger partial charge in [-0.2, -0.15) is 0 Å². The fourth-order valence-corrected chi connectivity index (χ4v) is 1.85. The van der Waals surface area contributed by atoms with E-state index in [1.807, 2.05) is 13.8 Å². The number of anilines is 1. The Balaban J connectivity index is 2.57. The van der Waals surface area contributed by atoms with Crippen LogP contribution in [0.2, 0.25) is 0 Å². The molecule has 1 rings (SSSR count). The fraction of sp³-hybridized carbons (Fsp3) is 0.333. The van der Waals surface area contributed by atoms with Crippen LogP contribution in [0.1, 0.15) is 20.3 Å². The maximum Gasteiger partial charge on any atom is 0.226 e. The van der Waals surface area contributed by atoms with Crippen molar-refractivity contribution >= 4 is 44.9 Å². The monoisotopic (exact) mass is 332 g/mol. The van der Waals surface area contributed by atoms with E-state index in [4.69, 9.17) is 12.2 Å². The standard InChI is InChI=1S/C12H14BrFN2OS/c1-7(2)5-11(17)16-12(18)15-10-4-3-8(13)6-9(10)14/h3-4,6-7H,5H2,1-2H3,(H2,15,16,17,18). The van der Waals surface area contributed by atoms with Crippen LogP contribution in [0.25, 0.3) is 0 Å². The first kappa shape index (κ1) is 15.0. The van der Waals surface area contributed by atoms with E-state index in [2.05, 4.69) is 26.6 Å². The van der Waals surface area contributed by atoms with Gasteiger partial charge in [-0.25, -0.2) is 4.39 Å². The predicted molar refractivity (Wildman–Crippen MR) is 77.9 cm³/mol. The second-order valence-corrected chi connectivity index (χ2v) is 5.55. The Morgan fingerprint density at radius 2 is 2.17 bits per heavy atom. The van der Waals surface area contributed by atoms with Crippen molar-refractivity contribution in [2.45, 2.75) is 20.3 Å². The van der Waals surface area contributed by atoms with E-state index in [9.17, 15) is 9.18 Å². The van der Waals surface area contributed by atoms with Crippen molar-refractivity contribution in [1.29, 1.82) is 0 Å². The van der Waals surface area contributed by atoms with Gasteiger partial charge in [0.2, 0.25) is 5.91 Å². The van der Waals surface area contributed by atoms with E-state index < -0.39 is 5.82 Å². The maximum atomic E-state index is 13.5. The SMILES string of the molecule is CC(C)CC(=O)NC(=S)Nc1ccc(Br)cc1F. The van der Waals surface area contributed by atoms with E-state index in [0.717, 1.165) is 0 Å². The minimum atomic E-state index is -0.440. The van der Waals surface area contributed by atoms with E-state index >= 15 is 0 Å². The third-order valence-corrected chi connectivity index (χ3v) is 2.72. The van der Waals surface area contributed by atoms with Gasteiger partial charge in [0, 0.05) is 10.9 Å². The highest BCUT2D eigenvalue weighted by Gasteiger charge is 2.09. The van der Waals surface area contributed by atoms with Gasteiger partial charge in [0.25, 0.3) is 0 Å². The third kappa shape index (κ3) is 5.10. The van der Waals surface area contributed by atoms with Crippen molar-refractivity contribution in [3.8, 4) is 0 Å². The lowest BCUT2D eigenvalue weighted by molar-refractivity contribution is -0.120. The van der Waals surface area contributed by atoms with Gasteiger partial charge in [0.15, 0.2) is 5.11 Å². The zero-order valence-corrected chi connectivity index (χ0v) is 12.5. The van der Waals surface area contributed by atoms with Crippen molar-refractivity contribution in [1.82, 2.24) is 5.32 Å². The molecule has 98 valence electrons. The van der Waals surface area contributed by atoms with Gasteiger partial charge in [-0.15, -0.1) is 0 Å². The number of rotatable bonds is 3. The lowest BCUT2D eigenvalue weighted by atomic mass is 10.1. The molecule has 1 aromatic carbocycles. The van der Waals surface area contributed by atoms with Crippen LogP contribution in [0.3, 0.4) is 0 Å². The van der Waals surface area contributed by atoms with Crippen LogP contribution in [-0.2, 0) is 4.79 Å². The van der Waals surface area contributed by atoms with Crippen LogP contribution >= 0.6 is 28.1 Å². The first-order valence-corrected chi connectivity index (χ1v) is 6.64. The molecule has 1 aromatic rings. The molecule has 0 radical (unpaired) electrons. The first-order chi connectivity index (χ1) is 8.38. The summed E-state index contributed by atoms with van der Waals surface area (Å²) >= 11 is 8.10. The molecule has 0 bridgehead atoms. The summed E-state index contributed by atoms with van der Waals surface area (Å²) in [6.45, 7) is 3.87. The molecule has 0 aliphatic heterocycles. The average Bonchev–Trinajstić information content (AvgIpc) is 2.20. The Morgan fingerprint density at radius 3 is 2.72 bits per heavy atom. The highest BCUT2D eigenvalue weighted by atomic mass is 79.9. The average molecular weight is 333 g/mol. The third-order valence-electron chi connectivity index (χ3n) is 2.03. The second-order valence-electron chi connectivity index (χ2n) is 4.22. The first-order valence-electron chi connectivity index (χ1n) is 5.44. The number of hydrogen-bond donors (Lipinski definition) is 2. The number of amides is 1. The largest absolute Gasteiger partial charge is 0.330 e. The van der Waals surface area contributed by atoms with Gasteiger partial charge < -0.3 is 10.6 Å². The number of carbonyl (C=O) groups excluding carboxylic acids is 1. The zero-order valence-electron chi connectivity index (χ0n) is 10.1. The van der Waals surface area contributed by atoms with Gasteiger partial charge in [-0.3, -0.25) is 4.79 Å². The predicted octanol–water partition coefficient (Wildman–Crippen LogP) is 3.45. The van der Waals surface area contributed by atoms with Crippen LogP contribution in [0.5, 0.6) is 0 Å². The van der Waals surface area contributed by atoms with Crippen LogP contribution in [0.4, 0.5) is 10.1 Å². The smallest absolute Gasteiger partial charge is 0.226 e. The number of carbonyl (C=O) groups is 1. The van der Waals surface area contributed by atoms with Gasteiger partial charge >= 0.3 is 0 Å². The van der Waals surface area contributed by atoms with Crippen molar-refractivity contribution in [3.05, 3.63) is 28.5 Å². The molecule has 3 nitrogen and oxygen atoms in total. The molecule has 0 saturated heterocycles. The summed E-state index contributed by atoms with van der Waals surface area (Å²) in [6, 6.07) is 4.55. The summed E-state index contributed by atoms with van der Waals surface area (Å²) in [6.07, 6.45) is 0.380. The molecule has 18 heavy (non-hydrogen) atoms. The molecule has 0 aliphatic carbocycles. The van der Waals surface area contributed by atoms with E-state index in [0.29, 0.717) is 10.9 Å². The van der Waals surface area contributed by atoms with Gasteiger partial charge in [-0.05, 0) is 36.3 Å². The summed E-state index contributed by atoms with van der Waals surface area (Å²) in [5.41, 5.74) is 0.230. The van der Waals surface area contributed by atoms with Crippen LogP contribution in [0.15, 0.2) is 22.7 Å². The highest BCUT2D eigenvalue weighted by Crippen LogP contribution is 2.19. The van der Waals surface area contributed by atoms with Crippen LogP contribution in [-0.4, -0.2) is 11.0 Å².